The maximum absolute atomic E-state index is 13.2. The van der Waals surface area contributed by atoms with Crippen LogP contribution < -0.4 is 10.9 Å². The summed E-state index contributed by atoms with van der Waals surface area (Å²) in [5.74, 6) is 0.517. The van der Waals surface area contributed by atoms with Gasteiger partial charge in [0.25, 0.3) is 5.56 Å². The SMILES string of the molecule is Cc1ccc(-n2c(SC3CCCCNC3=O)nc3ccccc3c2=O)nc1. The first-order valence-corrected chi connectivity index (χ1v) is 9.90. The van der Waals surface area contributed by atoms with E-state index < -0.39 is 0 Å². The highest BCUT2D eigenvalue weighted by atomic mass is 32.2. The number of hydrogen-bond acceptors (Lipinski definition) is 5. The second-order valence-electron chi connectivity index (χ2n) is 6.64. The van der Waals surface area contributed by atoms with E-state index in [1.807, 2.05) is 37.3 Å². The van der Waals surface area contributed by atoms with Gasteiger partial charge in [-0.1, -0.05) is 36.4 Å². The van der Waals surface area contributed by atoms with E-state index in [0.717, 1.165) is 24.8 Å². The van der Waals surface area contributed by atoms with Crippen LogP contribution in [0.5, 0.6) is 0 Å². The molecule has 1 atom stereocenters. The van der Waals surface area contributed by atoms with Gasteiger partial charge in [-0.15, -0.1) is 0 Å². The Labute approximate surface area is 161 Å². The molecule has 0 bridgehead atoms. The number of amides is 1. The van der Waals surface area contributed by atoms with Crippen molar-refractivity contribution in [1.29, 1.82) is 0 Å². The fourth-order valence-corrected chi connectivity index (χ4v) is 4.30. The highest BCUT2D eigenvalue weighted by Crippen LogP contribution is 2.28. The first-order chi connectivity index (χ1) is 13.1. The highest BCUT2D eigenvalue weighted by Gasteiger charge is 2.25. The summed E-state index contributed by atoms with van der Waals surface area (Å²) in [6.45, 7) is 2.65. The Morgan fingerprint density at radius 2 is 2.00 bits per heavy atom. The lowest BCUT2D eigenvalue weighted by Gasteiger charge is -2.16. The van der Waals surface area contributed by atoms with E-state index in [0.29, 0.717) is 28.4 Å². The molecule has 1 fully saturated rings. The van der Waals surface area contributed by atoms with E-state index in [1.165, 1.54) is 16.3 Å². The minimum Gasteiger partial charge on any atom is -0.355 e. The van der Waals surface area contributed by atoms with E-state index >= 15 is 0 Å². The predicted molar refractivity (Wildman–Crippen MR) is 106 cm³/mol. The van der Waals surface area contributed by atoms with Crippen molar-refractivity contribution >= 4 is 28.6 Å². The van der Waals surface area contributed by atoms with Crippen molar-refractivity contribution in [3.63, 3.8) is 0 Å². The number of fused-ring (bicyclic) bond motifs is 1. The summed E-state index contributed by atoms with van der Waals surface area (Å²) < 4.78 is 1.52. The molecule has 1 N–H and O–H groups in total. The molecule has 1 aliphatic rings. The van der Waals surface area contributed by atoms with Gasteiger partial charge in [0, 0.05) is 12.7 Å². The third-order valence-corrected chi connectivity index (χ3v) is 5.82. The molecule has 1 aromatic carbocycles. The Bertz CT molecular complexity index is 1050. The largest absolute Gasteiger partial charge is 0.355 e. The Morgan fingerprint density at radius 1 is 1.15 bits per heavy atom. The molecule has 7 heteroatoms. The third-order valence-electron chi connectivity index (χ3n) is 4.60. The normalized spacial score (nSPS) is 17.5. The van der Waals surface area contributed by atoms with E-state index in [9.17, 15) is 9.59 Å². The monoisotopic (exact) mass is 380 g/mol. The molecule has 138 valence electrons. The van der Waals surface area contributed by atoms with Crippen molar-refractivity contribution in [3.05, 3.63) is 58.5 Å². The number of thioether (sulfide) groups is 1. The first-order valence-electron chi connectivity index (χ1n) is 9.03. The van der Waals surface area contributed by atoms with E-state index in [4.69, 9.17) is 4.98 Å². The van der Waals surface area contributed by atoms with E-state index in [2.05, 4.69) is 10.3 Å². The van der Waals surface area contributed by atoms with Crippen LogP contribution in [0, 0.1) is 6.92 Å². The van der Waals surface area contributed by atoms with Crippen molar-refractivity contribution in [3.8, 4) is 5.82 Å². The Morgan fingerprint density at radius 3 is 2.81 bits per heavy atom. The summed E-state index contributed by atoms with van der Waals surface area (Å²) >= 11 is 1.34. The topological polar surface area (TPSA) is 76.9 Å². The number of nitrogens with zero attached hydrogens (tertiary/aromatic N) is 3. The van der Waals surface area contributed by atoms with Crippen molar-refractivity contribution in [2.75, 3.05) is 6.54 Å². The number of carbonyl (C=O) groups is 1. The molecule has 1 saturated heterocycles. The lowest BCUT2D eigenvalue weighted by Crippen LogP contribution is -2.32. The average molecular weight is 380 g/mol. The van der Waals surface area contributed by atoms with Gasteiger partial charge in [-0.05, 0) is 43.5 Å². The predicted octanol–water partition coefficient (Wildman–Crippen LogP) is 2.85. The molecule has 1 unspecified atom stereocenters. The fourth-order valence-electron chi connectivity index (χ4n) is 3.14. The molecule has 3 aromatic rings. The number of para-hydroxylation sites is 1. The summed E-state index contributed by atoms with van der Waals surface area (Å²) in [7, 11) is 0. The first kappa shape index (κ1) is 17.7. The zero-order valence-electron chi connectivity index (χ0n) is 15.0. The standard InChI is InChI=1S/C20H20N4O2S/c1-13-9-10-17(22-12-13)24-19(26)14-6-2-3-7-15(14)23-20(24)27-16-8-4-5-11-21-18(16)25/h2-3,6-7,9-10,12,16H,4-5,8,11H2,1H3,(H,21,25). The number of benzene rings is 1. The molecule has 27 heavy (non-hydrogen) atoms. The van der Waals surface area contributed by atoms with Crippen LogP contribution >= 0.6 is 11.8 Å². The van der Waals surface area contributed by atoms with Gasteiger partial charge in [0.05, 0.1) is 16.2 Å². The zero-order valence-corrected chi connectivity index (χ0v) is 15.8. The number of nitrogens with one attached hydrogen (secondary N) is 1. The zero-order chi connectivity index (χ0) is 18.8. The molecular weight excluding hydrogens is 360 g/mol. The smallest absolute Gasteiger partial charge is 0.267 e. The molecule has 6 nitrogen and oxygen atoms in total. The van der Waals surface area contributed by atoms with Crippen molar-refractivity contribution in [2.45, 2.75) is 36.6 Å². The number of aryl methyl sites for hydroxylation is 1. The number of aromatic nitrogens is 3. The van der Waals surface area contributed by atoms with Crippen LogP contribution in [0.3, 0.4) is 0 Å². The van der Waals surface area contributed by atoms with Gasteiger partial charge in [0.15, 0.2) is 5.16 Å². The van der Waals surface area contributed by atoms with Crippen LogP contribution in [-0.2, 0) is 4.79 Å². The minimum atomic E-state index is -0.266. The number of hydrogen-bond donors (Lipinski definition) is 1. The lowest BCUT2D eigenvalue weighted by atomic mass is 10.2. The van der Waals surface area contributed by atoms with Gasteiger partial charge in [0.1, 0.15) is 5.82 Å². The van der Waals surface area contributed by atoms with Gasteiger partial charge in [-0.25, -0.2) is 14.5 Å². The summed E-state index contributed by atoms with van der Waals surface area (Å²) in [4.78, 5) is 34.7. The Hall–Kier alpha value is -2.67. The molecule has 1 aliphatic heterocycles. The summed E-state index contributed by atoms with van der Waals surface area (Å²) in [5.41, 5.74) is 1.47. The van der Waals surface area contributed by atoms with Crippen molar-refractivity contribution in [2.24, 2.45) is 0 Å². The Kier molecular flexibility index (Phi) is 4.94. The molecule has 0 spiro atoms. The van der Waals surface area contributed by atoms with Crippen molar-refractivity contribution < 1.29 is 4.79 Å². The van der Waals surface area contributed by atoms with Crippen LogP contribution in [0.1, 0.15) is 24.8 Å². The number of rotatable bonds is 3. The molecule has 2 aromatic heterocycles. The van der Waals surface area contributed by atoms with Gasteiger partial charge in [-0.3, -0.25) is 9.59 Å². The highest BCUT2D eigenvalue weighted by molar-refractivity contribution is 8.00. The molecule has 3 heterocycles. The number of carbonyl (C=O) groups excluding carboxylic acids is 1. The van der Waals surface area contributed by atoms with E-state index in [1.54, 1.807) is 12.3 Å². The lowest BCUT2D eigenvalue weighted by molar-refractivity contribution is -0.120. The molecule has 0 radical (unpaired) electrons. The maximum atomic E-state index is 13.2. The average Bonchev–Trinajstić information content (AvgIpc) is 2.88. The van der Waals surface area contributed by atoms with Crippen LogP contribution in [0.25, 0.3) is 16.7 Å². The van der Waals surface area contributed by atoms with Crippen LogP contribution in [0.15, 0.2) is 52.5 Å². The van der Waals surface area contributed by atoms with Gasteiger partial charge < -0.3 is 5.32 Å². The molecular formula is C20H20N4O2S. The number of pyridine rings is 1. The van der Waals surface area contributed by atoms with Gasteiger partial charge >= 0.3 is 0 Å². The molecule has 1 amide bonds. The molecule has 4 rings (SSSR count). The molecule has 0 aliphatic carbocycles. The van der Waals surface area contributed by atoms with Crippen LogP contribution in [0.2, 0.25) is 0 Å². The Balaban J connectivity index is 1.87. The summed E-state index contributed by atoms with van der Waals surface area (Å²) in [6.07, 6.45) is 4.43. The molecule has 0 saturated carbocycles. The van der Waals surface area contributed by atoms with Crippen LogP contribution in [-0.4, -0.2) is 32.2 Å². The summed E-state index contributed by atoms with van der Waals surface area (Å²) in [6, 6.07) is 11.0. The minimum absolute atomic E-state index is 0.00308. The van der Waals surface area contributed by atoms with Crippen molar-refractivity contribution in [1.82, 2.24) is 19.9 Å². The third kappa shape index (κ3) is 3.60. The maximum Gasteiger partial charge on any atom is 0.267 e. The van der Waals surface area contributed by atoms with Crippen LogP contribution in [0.4, 0.5) is 0 Å². The fraction of sp³-hybridized carbons (Fsp3) is 0.300. The quantitative estimate of drug-likeness (QED) is 0.707. The van der Waals surface area contributed by atoms with E-state index in [-0.39, 0.29) is 16.7 Å². The van der Waals surface area contributed by atoms with Gasteiger partial charge in [-0.2, -0.15) is 0 Å². The summed E-state index contributed by atoms with van der Waals surface area (Å²) in [5, 5.41) is 3.71. The second kappa shape index (κ2) is 7.52. The van der Waals surface area contributed by atoms with Gasteiger partial charge in [0.2, 0.25) is 5.91 Å². The second-order valence-corrected chi connectivity index (χ2v) is 7.81.